The van der Waals surface area contributed by atoms with Gasteiger partial charge in [0.25, 0.3) is 0 Å². The van der Waals surface area contributed by atoms with Crippen LogP contribution in [0.4, 0.5) is 0 Å². The molecule has 24 heavy (non-hydrogen) atoms. The average Bonchev–Trinajstić information content (AvgIpc) is 2.79. The van der Waals surface area contributed by atoms with Crippen LogP contribution in [0.25, 0.3) is 0 Å². The molecule has 0 spiro atoms. The van der Waals surface area contributed by atoms with Crippen LogP contribution in [0, 0.1) is 34.5 Å². The fourth-order valence-corrected chi connectivity index (χ4v) is 6.77. The molecule has 0 heterocycles. The number of hydrogen-bond donors (Lipinski definition) is 4. The Balaban J connectivity index is 1.90. The van der Waals surface area contributed by atoms with E-state index in [-0.39, 0.29) is 42.0 Å². The van der Waals surface area contributed by atoms with E-state index in [2.05, 4.69) is 13.8 Å². The minimum absolute atomic E-state index is 0.0306. The van der Waals surface area contributed by atoms with Crippen molar-refractivity contribution in [2.24, 2.45) is 34.5 Å². The van der Waals surface area contributed by atoms with E-state index in [1.807, 2.05) is 6.92 Å². The Bertz CT molecular complexity index is 465. The monoisotopic (exact) mass is 340 g/mol. The molecule has 8 unspecified atom stereocenters. The molecule has 3 rings (SSSR count). The average molecular weight is 341 g/mol. The molecule has 0 amide bonds. The fourth-order valence-electron chi connectivity index (χ4n) is 6.77. The van der Waals surface area contributed by atoms with Crippen LogP contribution in [0.2, 0.25) is 0 Å². The zero-order valence-electron chi connectivity index (χ0n) is 15.5. The van der Waals surface area contributed by atoms with Gasteiger partial charge in [0.15, 0.2) is 0 Å². The van der Waals surface area contributed by atoms with Crippen molar-refractivity contribution in [1.29, 1.82) is 0 Å². The van der Waals surface area contributed by atoms with Crippen molar-refractivity contribution in [1.82, 2.24) is 0 Å². The van der Waals surface area contributed by atoms with Gasteiger partial charge >= 0.3 is 0 Å². The lowest BCUT2D eigenvalue weighted by Gasteiger charge is -2.57. The first-order valence-electron chi connectivity index (χ1n) is 9.82. The zero-order chi connectivity index (χ0) is 17.8. The van der Waals surface area contributed by atoms with E-state index in [4.69, 9.17) is 0 Å². The van der Waals surface area contributed by atoms with E-state index < -0.39 is 5.60 Å². The number of hydrogen-bond acceptors (Lipinski definition) is 4. The molecule has 0 aromatic carbocycles. The van der Waals surface area contributed by atoms with Gasteiger partial charge < -0.3 is 20.4 Å². The Morgan fingerprint density at radius 3 is 2.17 bits per heavy atom. The van der Waals surface area contributed by atoms with Crippen LogP contribution < -0.4 is 0 Å². The summed E-state index contributed by atoms with van der Waals surface area (Å²) in [6.07, 6.45) is 5.86. The summed E-state index contributed by atoms with van der Waals surface area (Å²) < 4.78 is 0. The molecule has 3 aliphatic carbocycles. The maximum absolute atomic E-state index is 10.9. The van der Waals surface area contributed by atoms with Gasteiger partial charge in [-0.25, -0.2) is 0 Å². The Hall–Kier alpha value is -0.160. The summed E-state index contributed by atoms with van der Waals surface area (Å²) in [6, 6.07) is 0. The Morgan fingerprint density at radius 2 is 1.54 bits per heavy atom. The standard InChI is InChI=1S/C20H36O4/c1-18(7-4-14(23)10-13(18)11-21)16-5-8-19(2)17(15(16)12-22)6-9-20(19,3)24/h13-17,21-24H,4-12H2,1-3H3. The molecule has 4 nitrogen and oxygen atoms in total. The van der Waals surface area contributed by atoms with Crippen LogP contribution in [0.5, 0.6) is 0 Å². The molecule has 3 fully saturated rings. The highest BCUT2D eigenvalue weighted by molar-refractivity contribution is 5.11. The summed E-state index contributed by atoms with van der Waals surface area (Å²) in [5.74, 6) is 0.997. The molecule has 8 atom stereocenters. The van der Waals surface area contributed by atoms with Crippen molar-refractivity contribution in [3.8, 4) is 0 Å². The highest BCUT2D eigenvalue weighted by Crippen LogP contribution is 2.64. The van der Waals surface area contributed by atoms with Gasteiger partial charge in [-0.3, -0.25) is 0 Å². The third-order valence-electron chi connectivity index (χ3n) is 8.78. The molecular formula is C20H36O4. The Morgan fingerprint density at radius 1 is 0.875 bits per heavy atom. The molecule has 140 valence electrons. The predicted octanol–water partition coefficient (Wildman–Crippen LogP) is 2.33. The van der Waals surface area contributed by atoms with Crippen LogP contribution in [-0.2, 0) is 0 Å². The lowest BCUT2D eigenvalue weighted by Crippen LogP contribution is -2.55. The second-order valence-electron chi connectivity index (χ2n) is 9.64. The Labute approximate surface area is 146 Å². The highest BCUT2D eigenvalue weighted by Gasteiger charge is 2.61. The second kappa shape index (κ2) is 6.22. The fraction of sp³-hybridized carbons (Fsp3) is 1.00. The largest absolute Gasteiger partial charge is 0.396 e. The van der Waals surface area contributed by atoms with Crippen LogP contribution >= 0.6 is 0 Å². The summed E-state index contributed by atoms with van der Waals surface area (Å²) in [5, 5.41) is 41.1. The summed E-state index contributed by atoms with van der Waals surface area (Å²) in [5.41, 5.74) is -0.788. The molecule has 3 aliphatic rings. The first kappa shape index (κ1) is 18.6. The normalized spacial score (nSPS) is 55.4. The van der Waals surface area contributed by atoms with Crippen molar-refractivity contribution < 1.29 is 20.4 Å². The SMILES string of the molecule is CC1(C2CCC3(C)C(CCC3(C)O)C2CO)CCC(O)CC1CO. The molecule has 0 saturated heterocycles. The minimum atomic E-state index is -0.643. The molecule has 0 aromatic rings. The van der Waals surface area contributed by atoms with Crippen molar-refractivity contribution in [2.45, 2.75) is 77.4 Å². The van der Waals surface area contributed by atoms with E-state index in [9.17, 15) is 20.4 Å². The Kier molecular flexibility index (Phi) is 4.83. The highest BCUT2D eigenvalue weighted by atomic mass is 16.3. The summed E-state index contributed by atoms with van der Waals surface area (Å²) >= 11 is 0. The number of aliphatic hydroxyl groups excluding tert-OH is 3. The smallest absolute Gasteiger partial charge is 0.0675 e. The molecule has 3 saturated carbocycles. The van der Waals surface area contributed by atoms with E-state index in [0.29, 0.717) is 18.3 Å². The van der Waals surface area contributed by atoms with Gasteiger partial charge in [-0.1, -0.05) is 13.8 Å². The van der Waals surface area contributed by atoms with E-state index in [1.54, 1.807) is 0 Å². The lowest BCUT2D eigenvalue weighted by molar-refractivity contribution is -0.144. The number of rotatable bonds is 3. The van der Waals surface area contributed by atoms with Crippen molar-refractivity contribution in [3.63, 3.8) is 0 Å². The molecule has 0 bridgehead atoms. The van der Waals surface area contributed by atoms with Gasteiger partial charge in [0, 0.05) is 13.2 Å². The maximum atomic E-state index is 10.9. The number of aliphatic hydroxyl groups is 4. The number of fused-ring (bicyclic) bond motifs is 1. The maximum Gasteiger partial charge on any atom is 0.0675 e. The van der Waals surface area contributed by atoms with Gasteiger partial charge in [0.2, 0.25) is 0 Å². The molecule has 4 N–H and O–H groups in total. The topological polar surface area (TPSA) is 80.9 Å². The van der Waals surface area contributed by atoms with Crippen LogP contribution in [-0.4, -0.2) is 45.3 Å². The molecular weight excluding hydrogens is 304 g/mol. The van der Waals surface area contributed by atoms with Crippen molar-refractivity contribution >= 4 is 0 Å². The zero-order valence-corrected chi connectivity index (χ0v) is 15.5. The third kappa shape index (κ3) is 2.56. The molecule has 0 radical (unpaired) electrons. The van der Waals surface area contributed by atoms with Crippen LogP contribution in [0.3, 0.4) is 0 Å². The van der Waals surface area contributed by atoms with Crippen LogP contribution in [0.1, 0.15) is 65.7 Å². The summed E-state index contributed by atoms with van der Waals surface area (Å²) in [6.45, 7) is 6.72. The summed E-state index contributed by atoms with van der Waals surface area (Å²) in [7, 11) is 0. The van der Waals surface area contributed by atoms with Crippen molar-refractivity contribution in [2.75, 3.05) is 13.2 Å². The lowest BCUT2D eigenvalue weighted by atomic mass is 9.48. The third-order valence-corrected chi connectivity index (χ3v) is 8.78. The van der Waals surface area contributed by atoms with Gasteiger partial charge in [-0.05, 0) is 86.4 Å². The quantitative estimate of drug-likeness (QED) is 0.636. The van der Waals surface area contributed by atoms with E-state index >= 15 is 0 Å². The molecule has 4 heteroatoms. The van der Waals surface area contributed by atoms with E-state index in [0.717, 1.165) is 38.5 Å². The van der Waals surface area contributed by atoms with Crippen molar-refractivity contribution in [3.05, 3.63) is 0 Å². The second-order valence-corrected chi connectivity index (χ2v) is 9.64. The first-order chi connectivity index (χ1) is 11.2. The molecule has 0 aromatic heterocycles. The van der Waals surface area contributed by atoms with Crippen LogP contribution in [0.15, 0.2) is 0 Å². The predicted molar refractivity (Wildman–Crippen MR) is 93.3 cm³/mol. The van der Waals surface area contributed by atoms with E-state index in [1.165, 1.54) is 0 Å². The van der Waals surface area contributed by atoms with Gasteiger partial charge in [0.05, 0.1) is 11.7 Å². The minimum Gasteiger partial charge on any atom is -0.396 e. The van der Waals surface area contributed by atoms with Gasteiger partial charge in [-0.15, -0.1) is 0 Å². The summed E-state index contributed by atoms with van der Waals surface area (Å²) in [4.78, 5) is 0. The first-order valence-corrected chi connectivity index (χ1v) is 9.82. The molecule has 0 aliphatic heterocycles. The van der Waals surface area contributed by atoms with Gasteiger partial charge in [0.1, 0.15) is 0 Å². The van der Waals surface area contributed by atoms with Gasteiger partial charge in [-0.2, -0.15) is 0 Å².